The van der Waals surface area contributed by atoms with E-state index in [1.54, 1.807) is 23.0 Å². The Morgan fingerprint density at radius 3 is 2.95 bits per heavy atom. The molecule has 0 atom stereocenters. The Morgan fingerprint density at radius 1 is 1.42 bits per heavy atom. The van der Waals surface area contributed by atoms with E-state index in [2.05, 4.69) is 15.0 Å². The van der Waals surface area contributed by atoms with Crippen LogP contribution in [-0.2, 0) is 11.3 Å². The van der Waals surface area contributed by atoms with Crippen LogP contribution in [0.25, 0.3) is 0 Å². The van der Waals surface area contributed by atoms with Gasteiger partial charge >= 0.3 is 5.97 Å². The van der Waals surface area contributed by atoms with E-state index in [1.807, 2.05) is 0 Å². The zero-order valence-corrected chi connectivity index (χ0v) is 10.6. The minimum Gasteiger partial charge on any atom is -0.481 e. The number of hydrogen-bond acceptors (Lipinski definition) is 6. The van der Waals surface area contributed by atoms with Crippen molar-refractivity contribution in [3.63, 3.8) is 0 Å². The van der Waals surface area contributed by atoms with Crippen molar-refractivity contribution in [3.8, 4) is 0 Å². The minimum absolute atomic E-state index is 0.153. The summed E-state index contributed by atoms with van der Waals surface area (Å²) in [6, 6.07) is 3.07. The van der Waals surface area contributed by atoms with Gasteiger partial charge in [0.05, 0.1) is 18.0 Å². The van der Waals surface area contributed by atoms with Crippen molar-refractivity contribution in [1.29, 1.82) is 0 Å². The average Bonchev–Trinajstić information content (AvgIpc) is 2.40. The lowest BCUT2D eigenvalue weighted by molar-refractivity contribution is -0.133. The highest BCUT2D eigenvalue weighted by molar-refractivity contribution is 7.99. The van der Waals surface area contributed by atoms with Gasteiger partial charge in [-0.3, -0.25) is 9.59 Å². The van der Waals surface area contributed by atoms with Crippen LogP contribution < -0.4 is 5.56 Å². The largest absolute Gasteiger partial charge is 0.481 e. The van der Waals surface area contributed by atoms with Crippen molar-refractivity contribution in [2.45, 2.75) is 11.7 Å². The summed E-state index contributed by atoms with van der Waals surface area (Å²) in [5.41, 5.74) is 0.351. The predicted molar refractivity (Wildman–Crippen MR) is 68.0 cm³/mol. The fourth-order valence-corrected chi connectivity index (χ4v) is 2.06. The van der Waals surface area contributed by atoms with Gasteiger partial charge in [0, 0.05) is 18.5 Å². The molecule has 98 valence electrons. The predicted octanol–water partition coefficient (Wildman–Crippen LogP) is 0.258. The van der Waals surface area contributed by atoms with Gasteiger partial charge in [0.2, 0.25) is 0 Å². The molecule has 0 aromatic carbocycles. The van der Waals surface area contributed by atoms with E-state index in [4.69, 9.17) is 5.11 Å². The lowest BCUT2D eigenvalue weighted by atomic mass is 10.4. The van der Waals surface area contributed by atoms with Crippen LogP contribution in [0.4, 0.5) is 0 Å². The highest BCUT2D eigenvalue weighted by Gasteiger charge is 2.07. The summed E-state index contributed by atoms with van der Waals surface area (Å²) < 4.78 is 1.68. The molecule has 2 rings (SSSR count). The fraction of sp³-hybridized carbons (Fsp3) is 0.182. The third kappa shape index (κ3) is 3.88. The van der Waals surface area contributed by atoms with Crippen LogP contribution in [0.1, 0.15) is 5.69 Å². The average molecular weight is 278 g/mol. The Bertz CT molecular complexity index is 629. The molecule has 0 spiro atoms. The van der Waals surface area contributed by atoms with Gasteiger partial charge in [0.15, 0.2) is 5.16 Å². The van der Waals surface area contributed by atoms with Crippen LogP contribution in [-0.4, -0.2) is 36.3 Å². The molecule has 0 aliphatic carbocycles. The smallest absolute Gasteiger partial charge is 0.313 e. The molecule has 19 heavy (non-hydrogen) atoms. The summed E-state index contributed by atoms with van der Waals surface area (Å²) in [6.45, 7) is 0.401. The summed E-state index contributed by atoms with van der Waals surface area (Å²) in [4.78, 5) is 33.5. The molecule has 2 aromatic rings. The molecule has 0 bridgehead atoms. The second-order valence-corrected chi connectivity index (χ2v) is 4.50. The second kappa shape index (κ2) is 6.10. The Morgan fingerprint density at radius 2 is 2.26 bits per heavy atom. The lowest BCUT2D eigenvalue weighted by Crippen LogP contribution is -2.15. The first-order valence-corrected chi connectivity index (χ1v) is 6.30. The van der Waals surface area contributed by atoms with E-state index in [1.165, 1.54) is 12.4 Å². The molecule has 8 heteroatoms. The fourth-order valence-electron chi connectivity index (χ4n) is 1.36. The van der Waals surface area contributed by atoms with Crippen LogP contribution in [0.3, 0.4) is 0 Å². The van der Waals surface area contributed by atoms with Crippen LogP contribution in [0, 0.1) is 0 Å². The Kier molecular flexibility index (Phi) is 4.24. The van der Waals surface area contributed by atoms with Crippen molar-refractivity contribution in [2.24, 2.45) is 0 Å². The van der Waals surface area contributed by atoms with E-state index in [9.17, 15) is 9.59 Å². The Hall–Kier alpha value is -2.22. The van der Waals surface area contributed by atoms with Crippen LogP contribution >= 0.6 is 11.8 Å². The third-order valence-corrected chi connectivity index (χ3v) is 3.12. The molecule has 2 aromatic heterocycles. The summed E-state index contributed by atoms with van der Waals surface area (Å²) in [7, 11) is 0. The van der Waals surface area contributed by atoms with Crippen LogP contribution in [0.2, 0.25) is 0 Å². The van der Waals surface area contributed by atoms with E-state index >= 15 is 0 Å². The number of carboxylic acids is 1. The molecular weight excluding hydrogens is 268 g/mol. The number of carboxylic acid groups (broad SMARTS) is 1. The molecule has 0 aliphatic heterocycles. The van der Waals surface area contributed by atoms with E-state index in [0.717, 1.165) is 17.5 Å². The van der Waals surface area contributed by atoms with Gasteiger partial charge in [-0.25, -0.2) is 9.97 Å². The number of rotatable bonds is 5. The lowest BCUT2D eigenvalue weighted by Gasteiger charge is -2.09. The van der Waals surface area contributed by atoms with Gasteiger partial charge in [-0.15, -0.1) is 0 Å². The third-order valence-electron chi connectivity index (χ3n) is 2.15. The van der Waals surface area contributed by atoms with E-state index in [0.29, 0.717) is 11.7 Å². The summed E-state index contributed by atoms with van der Waals surface area (Å²) in [6.07, 6.45) is 4.61. The Balaban J connectivity index is 2.24. The summed E-state index contributed by atoms with van der Waals surface area (Å²) in [5, 5.41) is 9.02. The molecular formula is C11H10N4O3S. The number of nitrogens with zero attached hydrogens (tertiary/aromatic N) is 4. The van der Waals surface area contributed by atoms with Crippen molar-refractivity contribution in [1.82, 2.24) is 19.5 Å². The van der Waals surface area contributed by atoms with Gasteiger partial charge in [0.25, 0.3) is 5.56 Å². The van der Waals surface area contributed by atoms with Crippen LogP contribution in [0.5, 0.6) is 0 Å². The highest BCUT2D eigenvalue weighted by Crippen LogP contribution is 2.14. The molecule has 0 saturated carbocycles. The molecule has 7 nitrogen and oxygen atoms in total. The highest BCUT2D eigenvalue weighted by atomic mass is 32.2. The van der Waals surface area contributed by atoms with Crippen molar-refractivity contribution in [2.75, 3.05) is 5.75 Å². The van der Waals surface area contributed by atoms with E-state index in [-0.39, 0.29) is 5.75 Å². The number of aliphatic carboxylic acids is 1. The topological polar surface area (TPSA) is 98.0 Å². The number of hydrogen-bond donors (Lipinski definition) is 1. The SMILES string of the molecule is O=C(O)CSc1nc(=O)ccn1Cc1ccncn1. The molecule has 0 fully saturated rings. The summed E-state index contributed by atoms with van der Waals surface area (Å²) >= 11 is 0.997. The molecule has 2 heterocycles. The van der Waals surface area contributed by atoms with Crippen molar-refractivity contribution in [3.05, 3.63) is 46.9 Å². The second-order valence-electron chi connectivity index (χ2n) is 3.56. The van der Waals surface area contributed by atoms with Gasteiger partial charge < -0.3 is 9.67 Å². The maximum atomic E-state index is 11.2. The monoisotopic (exact) mass is 278 g/mol. The maximum Gasteiger partial charge on any atom is 0.313 e. The molecule has 1 N–H and O–H groups in total. The quantitative estimate of drug-likeness (QED) is 0.618. The zero-order valence-electron chi connectivity index (χ0n) is 9.76. The molecule has 0 saturated heterocycles. The van der Waals surface area contributed by atoms with Crippen molar-refractivity contribution >= 4 is 17.7 Å². The van der Waals surface area contributed by atoms with Gasteiger partial charge in [-0.05, 0) is 6.07 Å². The number of aromatic nitrogens is 4. The molecule has 0 unspecified atom stereocenters. The normalized spacial score (nSPS) is 10.3. The molecule has 0 radical (unpaired) electrons. The van der Waals surface area contributed by atoms with Gasteiger partial charge in [-0.2, -0.15) is 4.98 Å². The first kappa shape index (κ1) is 13.2. The molecule has 0 amide bonds. The van der Waals surface area contributed by atoms with Gasteiger partial charge in [-0.1, -0.05) is 11.8 Å². The van der Waals surface area contributed by atoms with Crippen molar-refractivity contribution < 1.29 is 9.90 Å². The van der Waals surface area contributed by atoms with E-state index < -0.39 is 11.5 Å². The van der Waals surface area contributed by atoms with Crippen LogP contribution in [0.15, 0.2) is 40.8 Å². The summed E-state index contributed by atoms with van der Waals surface area (Å²) in [5.74, 6) is -1.11. The van der Waals surface area contributed by atoms with Gasteiger partial charge in [0.1, 0.15) is 6.33 Å². The number of thioether (sulfide) groups is 1. The maximum absolute atomic E-state index is 11.2. The zero-order chi connectivity index (χ0) is 13.7. The minimum atomic E-state index is -0.961. The first-order chi connectivity index (χ1) is 9.15. The number of carbonyl (C=O) groups is 1. The standard InChI is InChI=1S/C11H10N4O3S/c16-9-2-4-15(5-8-1-3-12-7-13-8)11(14-9)19-6-10(17)18/h1-4,7H,5-6H2,(H,17,18). The first-order valence-electron chi connectivity index (χ1n) is 5.32. The Labute approximate surface area is 112 Å². The molecule has 0 aliphatic rings.